The Morgan fingerprint density at radius 3 is 2.41 bits per heavy atom. The zero-order chi connectivity index (χ0) is 19.8. The molecule has 2 heterocycles. The molecular formula is C18H13ClF3N3O2. The average Bonchev–Trinajstić information content (AvgIpc) is 2.62. The third kappa shape index (κ3) is 3.95. The summed E-state index contributed by atoms with van der Waals surface area (Å²) in [5, 5.41) is 3.63. The van der Waals surface area contributed by atoms with Crippen molar-refractivity contribution in [1.29, 1.82) is 0 Å². The lowest BCUT2D eigenvalue weighted by atomic mass is 10.1. The summed E-state index contributed by atoms with van der Waals surface area (Å²) < 4.78 is 44.3. The van der Waals surface area contributed by atoms with Gasteiger partial charge in [0, 0.05) is 6.20 Å². The molecule has 0 aliphatic carbocycles. The van der Waals surface area contributed by atoms with Crippen molar-refractivity contribution in [3.63, 3.8) is 0 Å². The highest BCUT2D eigenvalue weighted by molar-refractivity contribution is 6.31. The molecule has 0 radical (unpaired) electrons. The van der Waals surface area contributed by atoms with Crippen LogP contribution in [0.25, 0.3) is 5.82 Å². The number of halogens is 4. The Morgan fingerprint density at radius 2 is 1.81 bits per heavy atom. The number of ether oxygens (including phenoxy) is 1. The van der Waals surface area contributed by atoms with E-state index in [4.69, 9.17) is 16.3 Å². The van der Waals surface area contributed by atoms with Gasteiger partial charge in [0.1, 0.15) is 5.75 Å². The molecule has 0 amide bonds. The second kappa shape index (κ2) is 7.03. The highest BCUT2D eigenvalue weighted by atomic mass is 35.5. The lowest BCUT2D eigenvalue weighted by molar-refractivity contribution is -0.137. The summed E-state index contributed by atoms with van der Waals surface area (Å²) in [5.41, 5.74) is 0.389. The van der Waals surface area contributed by atoms with E-state index in [1.165, 1.54) is 6.20 Å². The highest BCUT2D eigenvalue weighted by Gasteiger charge is 2.30. The summed E-state index contributed by atoms with van der Waals surface area (Å²) in [7, 11) is 0. The molecule has 0 aliphatic heterocycles. The molecule has 5 nitrogen and oxygen atoms in total. The first-order valence-corrected chi connectivity index (χ1v) is 8.11. The van der Waals surface area contributed by atoms with Crippen molar-refractivity contribution in [3.8, 4) is 17.3 Å². The Balaban J connectivity index is 1.93. The summed E-state index contributed by atoms with van der Waals surface area (Å²) in [6, 6.07) is 7.22. The minimum absolute atomic E-state index is 0.0353. The molecule has 0 N–H and O–H groups in total. The molecule has 0 spiro atoms. The van der Waals surface area contributed by atoms with Crippen LogP contribution in [0.2, 0.25) is 5.02 Å². The first-order chi connectivity index (χ1) is 12.7. The number of aromatic nitrogens is 3. The Kier molecular flexibility index (Phi) is 4.93. The van der Waals surface area contributed by atoms with Crippen LogP contribution in [0, 0.1) is 13.8 Å². The number of aryl methyl sites for hydroxylation is 2. The number of alkyl halides is 3. The molecule has 0 unspecified atom stereocenters. The van der Waals surface area contributed by atoms with Crippen molar-refractivity contribution in [3.05, 3.63) is 74.8 Å². The van der Waals surface area contributed by atoms with Gasteiger partial charge < -0.3 is 4.74 Å². The molecule has 2 aromatic heterocycles. The van der Waals surface area contributed by atoms with E-state index in [0.29, 0.717) is 11.9 Å². The van der Waals surface area contributed by atoms with Crippen molar-refractivity contribution in [2.45, 2.75) is 20.0 Å². The van der Waals surface area contributed by atoms with E-state index >= 15 is 0 Å². The Labute approximate surface area is 157 Å². The molecule has 140 valence electrons. The molecular weight excluding hydrogens is 383 g/mol. The fraction of sp³-hybridized carbons (Fsp3) is 0.167. The maximum absolute atomic E-state index is 12.6. The first-order valence-electron chi connectivity index (χ1n) is 7.73. The second-order valence-corrected chi connectivity index (χ2v) is 6.17. The molecule has 0 bridgehead atoms. The minimum atomic E-state index is -4.52. The topological polar surface area (TPSA) is 57.0 Å². The van der Waals surface area contributed by atoms with Crippen LogP contribution in [0.5, 0.6) is 11.5 Å². The lowest BCUT2D eigenvalue weighted by Gasteiger charge is -2.11. The number of nitrogens with zero attached hydrogens (tertiary/aromatic N) is 3. The predicted octanol–water partition coefficient (Wildman–Crippen LogP) is 4.71. The maximum Gasteiger partial charge on any atom is 0.417 e. The van der Waals surface area contributed by atoms with Crippen LogP contribution < -0.4 is 10.3 Å². The van der Waals surface area contributed by atoms with Crippen molar-refractivity contribution >= 4 is 11.6 Å². The Bertz CT molecular complexity index is 1050. The molecule has 9 heteroatoms. The van der Waals surface area contributed by atoms with E-state index in [1.807, 2.05) is 19.9 Å². The summed E-state index contributed by atoms with van der Waals surface area (Å²) in [6.07, 6.45) is -2.69. The van der Waals surface area contributed by atoms with Gasteiger partial charge >= 0.3 is 6.18 Å². The lowest BCUT2D eigenvalue weighted by Crippen LogP contribution is -2.23. The van der Waals surface area contributed by atoms with Crippen molar-refractivity contribution < 1.29 is 17.9 Å². The summed E-state index contributed by atoms with van der Waals surface area (Å²) in [5.74, 6) is 0.423. The fourth-order valence-corrected chi connectivity index (χ4v) is 2.40. The predicted molar refractivity (Wildman–Crippen MR) is 93.6 cm³/mol. The van der Waals surface area contributed by atoms with Crippen LogP contribution in [-0.2, 0) is 6.18 Å². The van der Waals surface area contributed by atoms with Crippen LogP contribution in [0.1, 0.15) is 16.7 Å². The Morgan fingerprint density at radius 1 is 1.07 bits per heavy atom. The number of benzene rings is 1. The summed E-state index contributed by atoms with van der Waals surface area (Å²) >= 11 is 6.07. The third-order valence-corrected chi connectivity index (χ3v) is 4.23. The monoisotopic (exact) mass is 395 g/mol. The van der Waals surface area contributed by atoms with Crippen molar-refractivity contribution in [2.75, 3.05) is 0 Å². The molecule has 0 saturated heterocycles. The van der Waals surface area contributed by atoms with Gasteiger partial charge in [-0.1, -0.05) is 17.7 Å². The van der Waals surface area contributed by atoms with E-state index in [9.17, 15) is 18.0 Å². The maximum atomic E-state index is 12.6. The van der Waals surface area contributed by atoms with Gasteiger partial charge in [-0.25, -0.2) is 4.98 Å². The molecule has 3 rings (SSSR count). The van der Waals surface area contributed by atoms with E-state index in [2.05, 4.69) is 10.1 Å². The van der Waals surface area contributed by atoms with Crippen LogP contribution in [-0.4, -0.2) is 14.8 Å². The third-order valence-electron chi connectivity index (χ3n) is 3.89. The SMILES string of the molecule is Cc1ccc(Oc2cnn(-c3ccc(C(F)(F)F)cn3)c(=O)c2Cl)cc1C. The molecule has 3 aromatic rings. The van der Waals surface area contributed by atoms with Crippen LogP contribution >= 0.6 is 11.6 Å². The normalized spacial score (nSPS) is 11.5. The molecule has 0 saturated carbocycles. The second-order valence-electron chi connectivity index (χ2n) is 5.79. The number of hydrogen-bond acceptors (Lipinski definition) is 4. The molecule has 1 aromatic carbocycles. The van der Waals surface area contributed by atoms with E-state index in [0.717, 1.165) is 27.9 Å². The van der Waals surface area contributed by atoms with Crippen LogP contribution in [0.15, 0.2) is 47.5 Å². The fourth-order valence-electron chi connectivity index (χ4n) is 2.24. The molecule has 0 aliphatic rings. The summed E-state index contributed by atoms with van der Waals surface area (Å²) in [6.45, 7) is 3.86. The smallest absolute Gasteiger partial charge is 0.417 e. The number of hydrogen-bond donors (Lipinski definition) is 0. The largest absolute Gasteiger partial charge is 0.454 e. The quantitative estimate of drug-likeness (QED) is 0.644. The average molecular weight is 396 g/mol. The van der Waals surface area contributed by atoms with Gasteiger partial charge in [-0.05, 0) is 49.2 Å². The van der Waals surface area contributed by atoms with Gasteiger partial charge in [0.05, 0.1) is 11.8 Å². The number of pyridine rings is 1. The first kappa shape index (κ1) is 18.9. The van der Waals surface area contributed by atoms with Gasteiger partial charge in [-0.15, -0.1) is 0 Å². The van der Waals surface area contributed by atoms with Crippen LogP contribution in [0.3, 0.4) is 0 Å². The zero-order valence-corrected chi connectivity index (χ0v) is 15.0. The molecule has 0 atom stereocenters. The van der Waals surface area contributed by atoms with Gasteiger partial charge in [-0.2, -0.15) is 23.0 Å². The standard InChI is InChI=1S/C18H13ClF3N3O2/c1-10-3-5-13(7-11(10)2)27-14-9-24-25(17(26)16(14)19)15-6-4-12(8-23-15)18(20,21)22/h3-9H,1-2H3. The number of rotatable bonds is 3. The molecule has 0 fully saturated rings. The van der Waals surface area contributed by atoms with Gasteiger partial charge in [0.15, 0.2) is 16.6 Å². The minimum Gasteiger partial charge on any atom is -0.454 e. The van der Waals surface area contributed by atoms with Crippen molar-refractivity contribution in [2.24, 2.45) is 0 Å². The zero-order valence-electron chi connectivity index (χ0n) is 14.2. The Hall–Kier alpha value is -2.87. The van der Waals surface area contributed by atoms with Crippen LogP contribution in [0.4, 0.5) is 13.2 Å². The van der Waals surface area contributed by atoms with Gasteiger partial charge in [-0.3, -0.25) is 4.79 Å². The highest BCUT2D eigenvalue weighted by Crippen LogP contribution is 2.29. The summed E-state index contributed by atoms with van der Waals surface area (Å²) in [4.78, 5) is 16.0. The van der Waals surface area contributed by atoms with E-state index < -0.39 is 17.3 Å². The van der Waals surface area contributed by atoms with Gasteiger partial charge in [0.2, 0.25) is 0 Å². The van der Waals surface area contributed by atoms with Gasteiger partial charge in [0.25, 0.3) is 5.56 Å². The van der Waals surface area contributed by atoms with E-state index in [1.54, 1.807) is 12.1 Å². The van der Waals surface area contributed by atoms with Crippen molar-refractivity contribution in [1.82, 2.24) is 14.8 Å². The molecule has 27 heavy (non-hydrogen) atoms. The van der Waals surface area contributed by atoms with E-state index in [-0.39, 0.29) is 16.6 Å².